The van der Waals surface area contributed by atoms with E-state index in [1.54, 1.807) is 42.0 Å². The third-order valence-corrected chi connectivity index (χ3v) is 4.28. The Labute approximate surface area is 147 Å². The van der Waals surface area contributed by atoms with Crippen molar-refractivity contribution < 1.29 is 23.8 Å². The molecule has 1 aliphatic heterocycles. The van der Waals surface area contributed by atoms with Crippen LogP contribution < -0.4 is 0 Å². The lowest BCUT2D eigenvalue weighted by atomic mass is 9.99. The molecule has 1 saturated heterocycles. The van der Waals surface area contributed by atoms with Crippen molar-refractivity contribution in [3.63, 3.8) is 0 Å². The highest BCUT2D eigenvalue weighted by Crippen LogP contribution is 2.16. The zero-order valence-electron chi connectivity index (χ0n) is 14.7. The van der Waals surface area contributed by atoms with Crippen molar-refractivity contribution in [1.29, 1.82) is 0 Å². The van der Waals surface area contributed by atoms with Gasteiger partial charge in [-0.05, 0) is 25.1 Å². The van der Waals surface area contributed by atoms with E-state index < -0.39 is 5.97 Å². The molecule has 1 aromatic rings. The molecule has 25 heavy (non-hydrogen) atoms. The highest BCUT2D eigenvalue weighted by Gasteiger charge is 2.28. The van der Waals surface area contributed by atoms with Crippen LogP contribution in [0.25, 0.3) is 0 Å². The molecule has 0 spiro atoms. The fraction of sp³-hybridized carbons (Fsp3) is 0.556. The fourth-order valence-electron chi connectivity index (χ4n) is 3.07. The standard InChI is InChI=1S/C18H25FN2O4/c1-13(9-14-5-3-4-6-16(14)19)18(24)21-7-8-25-15(11-21)10-20(2)12-17(22)23/h3-6,13,15H,7-12H2,1-2H3,(H,22,23)/t13-,15+/m1/s1. The molecule has 0 saturated carbocycles. The number of benzene rings is 1. The van der Waals surface area contributed by atoms with Crippen molar-refractivity contribution >= 4 is 11.9 Å². The number of aliphatic carboxylic acids is 1. The van der Waals surface area contributed by atoms with Crippen LogP contribution in [0, 0.1) is 11.7 Å². The summed E-state index contributed by atoms with van der Waals surface area (Å²) in [6.07, 6.45) is 0.134. The van der Waals surface area contributed by atoms with E-state index in [-0.39, 0.29) is 30.3 Å². The number of hydrogen-bond donors (Lipinski definition) is 1. The van der Waals surface area contributed by atoms with Gasteiger partial charge in [0.05, 0.1) is 19.3 Å². The third kappa shape index (κ3) is 5.79. The molecule has 1 fully saturated rings. The molecular weight excluding hydrogens is 327 g/mol. The van der Waals surface area contributed by atoms with Gasteiger partial charge in [-0.25, -0.2) is 4.39 Å². The first kappa shape index (κ1) is 19.3. The maximum Gasteiger partial charge on any atom is 0.317 e. The van der Waals surface area contributed by atoms with Crippen LogP contribution in [0.3, 0.4) is 0 Å². The molecular formula is C18H25FN2O4. The number of carbonyl (C=O) groups is 2. The maximum atomic E-state index is 13.8. The molecule has 1 amide bonds. The Morgan fingerprint density at radius 3 is 2.84 bits per heavy atom. The number of halogens is 1. The molecule has 138 valence electrons. The Kier molecular flexibility index (Phi) is 6.90. The maximum absolute atomic E-state index is 13.8. The van der Waals surface area contributed by atoms with E-state index in [1.165, 1.54) is 6.07 Å². The Balaban J connectivity index is 1.90. The van der Waals surface area contributed by atoms with Gasteiger partial charge in [0, 0.05) is 25.6 Å². The summed E-state index contributed by atoms with van der Waals surface area (Å²) < 4.78 is 19.4. The zero-order valence-corrected chi connectivity index (χ0v) is 14.7. The molecule has 6 nitrogen and oxygen atoms in total. The van der Waals surface area contributed by atoms with E-state index in [1.807, 2.05) is 0 Å². The summed E-state index contributed by atoms with van der Waals surface area (Å²) in [7, 11) is 1.71. The van der Waals surface area contributed by atoms with Crippen LogP contribution in [0.15, 0.2) is 24.3 Å². The summed E-state index contributed by atoms with van der Waals surface area (Å²) in [5.74, 6) is -1.55. The first-order valence-electron chi connectivity index (χ1n) is 8.41. The van der Waals surface area contributed by atoms with E-state index in [9.17, 15) is 14.0 Å². The number of carboxylic acid groups (broad SMARTS) is 1. The van der Waals surface area contributed by atoms with Crippen LogP contribution in [0.2, 0.25) is 0 Å². The summed E-state index contributed by atoms with van der Waals surface area (Å²) in [5.41, 5.74) is 0.536. The second kappa shape index (κ2) is 8.92. The topological polar surface area (TPSA) is 70.1 Å². The summed E-state index contributed by atoms with van der Waals surface area (Å²) >= 11 is 0. The second-order valence-corrected chi connectivity index (χ2v) is 6.56. The summed E-state index contributed by atoms with van der Waals surface area (Å²) in [6.45, 7) is 3.51. The fourth-order valence-corrected chi connectivity index (χ4v) is 3.07. The van der Waals surface area contributed by atoms with Gasteiger partial charge in [0.25, 0.3) is 0 Å². The molecule has 1 N–H and O–H groups in total. The van der Waals surface area contributed by atoms with Crippen molar-refractivity contribution in [3.05, 3.63) is 35.6 Å². The number of rotatable bonds is 7. The molecule has 2 rings (SSSR count). The first-order valence-corrected chi connectivity index (χ1v) is 8.41. The molecule has 0 bridgehead atoms. The van der Waals surface area contributed by atoms with E-state index in [0.717, 1.165) is 0 Å². The van der Waals surface area contributed by atoms with Gasteiger partial charge >= 0.3 is 5.97 Å². The van der Waals surface area contributed by atoms with Gasteiger partial charge in [-0.2, -0.15) is 0 Å². The van der Waals surface area contributed by atoms with Crippen LogP contribution in [0.4, 0.5) is 4.39 Å². The quantitative estimate of drug-likeness (QED) is 0.800. The predicted octanol–water partition coefficient (Wildman–Crippen LogP) is 1.25. The van der Waals surface area contributed by atoms with Gasteiger partial charge in [0.15, 0.2) is 0 Å². The van der Waals surface area contributed by atoms with Gasteiger partial charge in [-0.3, -0.25) is 14.5 Å². The summed E-state index contributed by atoms with van der Waals surface area (Å²) in [4.78, 5) is 26.8. The average molecular weight is 352 g/mol. The van der Waals surface area contributed by atoms with Crippen molar-refractivity contribution in [3.8, 4) is 0 Å². The van der Waals surface area contributed by atoms with E-state index in [2.05, 4.69) is 0 Å². The molecule has 0 aromatic heterocycles. The van der Waals surface area contributed by atoms with Crippen LogP contribution in [-0.2, 0) is 20.7 Å². The van der Waals surface area contributed by atoms with Crippen molar-refractivity contribution in [2.24, 2.45) is 5.92 Å². The number of likely N-dealkylation sites (N-methyl/N-ethyl adjacent to an activating group) is 1. The van der Waals surface area contributed by atoms with Gasteiger partial charge in [-0.15, -0.1) is 0 Å². The van der Waals surface area contributed by atoms with Gasteiger partial charge in [-0.1, -0.05) is 25.1 Å². The largest absolute Gasteiger partial charge is 0.480 e. The lowest BCUT2D eigenvalue weighted by Crippen LogP contribution is -2.51. The minimum absolute atomic E-state index is 0.0301. The van der Waals surface area contributed by atoms with Crippen LogP contribution in [0.1, 0.15) is 12.5 Å². The smallest absolute Gasteiger partial charge is 0.317 e. The lowest BCUT2D eigenvalue weighted by Gasteiger charge is -2.36. The average Bonchev–Trinajstić information content (AvgIpc) is 2.55. The Hall–Kier alpha value is -1.99. The summed E-state index contributed by atoms with van der Waals surface area (Å²) in [6, 6.07) is 6.49. The number of nitrogens with zero attached hydrogens (tertiary/aromatic N) is 2. The van der Waals surface area contributed by atoms with Crippen LogP contribution >= 0.6 is 0 Å². The third-order valence-electron chi connectivity index (χ3n) is 4.28. The van der Waals surface area contributed by atoms with E-state index >= 15 is 0 Å². The van der Waals surface area contributed by atoms with E-state index in [4.69, 9.17) is 9.84 Å². The monoisotopic (exact) mass is 352 g/mol. The van der Waals surface area contributed by atoms with Crippen molar-refractivity contribution in [2.45, 2.75) is 19.4 Å². The number of hydrogen-bond acceptors (Lipinski definition) is 4. The van der Waals surface area contributed by atoms with Crippen LogP contribution in [-0.4, -0.2) is 72.7 Å². The molecule has 2 atom stereocenters. The molecule has 7 heteroatoms. The number of carbonyl (C=O) groups excluding carboxylic acids is 1. The number of morpholine rings is 1. The summed E-state index contributed by atoms with van der Waals surface area (Å²) in [5, 5.41) is 8.81. The lowest BCUT2D eigenvalue weighted by molar-refractivity contribution is -0.144. The zero-order chi connectivity index (χ0) is 18.4. The Bertz CT molecular complexity index is 610. The van der Waals surface area contributed by atoms with Gasteiger partial charge in [0.1, 0.15) is 5.82 Å². The Morgan fingerprint density at radius 1 is 1.44 bits per heavy atom. The molecule has 1 aromatic carbocycles. The Morgan fingerprint density at radius 2 is 2.16 bits per heavy atom. The van der Waals surface area contributed by atoms with E-state index in [0.29, 0.717) is 38.2 Å². The molecule has 0 radical (unpaired) electrons. The highest BCUT2D eigenvalue weighted by atomic mass is 19.1. The van der Waals surface area contributed by atoms with Gasteiger partial charge in [0.2, 0.25) is 5.91 Å². The second-order valence-electron chi connectivity index (χ2n) is 6.56. The SMILES string of the molecule is C[C@H](Cc1ccccc1F)C(=O)N1CCO[C@@H](CN(C)CC(=O)O)C1. The van der Waals surface area contributed by atoms with Crippen molar-refractivity contribution in [2.75, 3.05) is 39.8 Å². The number of amides is 1. The minimum Gasteiger partial charge on any atom is -0.480 e. The normalized spacial score (nSPS) is 19.0. The first-order chi connectivity index (χ1) is 11.9. The number of ether oxygens (including phenoxy) is 1. The molecule has 0 unspecified atom stereocenters. The molecule has 1 heterocycles. The van der Waals surface area contributed by atoms with Crippen molar-refractivity contribution in [1.82, 2.24) is 9.80 Å². The predicted molar refractivity (Wildman–Crippen MR) is 90.7 cm³/mol. The van der Waals surface area contributed by atoms with Gasteiger partial charge < -0.3 is 14.7 Å². The molecule has 1 aliphatic rings. The molecule has 0 aliphatic carbocycles. The van der Waals surface area contributed by atoms with Crippen LogP contribution in [0.5, 0.6) is 0 Å². The minimum atomic E-state index is -0.898. The number of carboxylic acids is 1. The highest BCUT2D eigenvalue weighted by molar-refractivity contribution is 5.79.